The van der Waals surface area contributed by atoms with Gasteiger partial charge < -0.3 is 0 Å². The topological polar surface area (TPSA) is 0 Å². The van der Waals surface area contributed by atoms with Crippen molar-refractivity contribution in [3.63, 3.8) is 0 Å². The molecule has 0 nitrogen and oxygen atoms in total. The zero-order valence-electron chi connectivity index (χ0n) is 7.09. The molecule has 70 valence electrons. The third kappa shape index (κ3) is 2.55. The highest BCUT2D eigenvalue weighted by Gasteiger charge is 2.18. The Kier molecular flexibility index (Phi) is 3.07. The molecular formula is C10H10Cl2S. The van der Waals surface area contributed by atoms with E-state index in [2.05, 4.69) is 0 Å². The summed E-state index contributed by atoms with van der Waals surface area (Å²) in [4.78, 5) is 0. The van der Waals surface area contributed by atoms with E-state index >= 15 is 0 Å². The highest BCUT2D eigenvalue weighted by atomic mass is 35.5. The monoisotopic (exact) mass is 232 g/mol. The zero-order chi connectivity index (χ0) is 9.26. The highest BCUT2D eigenvalue weighted by molar-refractivity contribution is 8.01. The molecule has 1 heterocycles. The number of hydrogen-bond donors (Lipinski definition) is 0. The maximum Gasteiger partial charge on any atom is 0.0423 e. The van der Waals surface area contributed by atoms with Gasteiger partial charge in [-0.05, 0) is 42.4 Å². The van der Waals surface area contributed by atoms with Gasteiger partial charge in [0.05, 0.1) is 0 Å². The molecule has 0 N–H and O–H groups in total. The van der Waals surface area contributed by atoms with Gasteiger partial charge in [-0.15, -0.1) is 0 Å². The van der Waals surface area contributed by atoms with E-state index in [1.165, 1.54) is 17.7 Å². The van der Waals surface area contributed by atoms with Crippen molar-refractivity contribution in [2.24, 2.45) is 0 Å². The second-order valence-corrected chi connectivity index (χ2v) is 5.54. The first kappa shape index (κ1) is 9.70. The Morgan fingerprint density at radius 2 is 1.85 bits per heavy atom. The predicted octanol–water partition coefficient (Wildman–Crippen LogP) is 4.04. The summed E-state index contributed by atoms with van der Waals surface area (Å²) in [5.74, 6) is 1.30. The molecule has 1 aromatic carbocycles. The van der Waals surface area contributed by atoms with Gasteiger partial charge in [0.15, 0.2) is 0 Å². The van der Waals surface area contributed by atoms with E-state index in [1.807, 2.05) is 23.9 Å². The Morgan fingerprint density at radius 3 is 2.31 bits per heavy atom. The van der Waals surface area contributed by atoms with Crippen LogP contribution in [-0.4, -0.2) is 11.0 Å². The molecule has 13 heavy (non-hydrogen) atoms. The molecule has 0 radical (unpaired) electrons. The molecule has 0 amide bonds. The molecule has 0 bridgehead atoms. The number of halogens is 2. The molecule has 1 unspecified atom stereocenters. The van der Waals surface area contributed by atoms with E-state index in [0.29, 0.717) is 0 Å². The van der Waals surface area contributed by atoms with Crippen LogP contribution in [0.3, 0.4) is 0 Å². The lowest BCUT2D eigenvalue weighted by Crippen LogP contribution is -2.17. The summed E-state index contributed by atoms with van der Waals surface area (Å²) in [7, 11) is 0. The quantitative estimate of drug-likeness (QED) is 0.742. The molecule has 3 heteroatoms. The van der Waals surface area contributed by atoms with Gasteiger partial charge in [-0.2, -0.15) is 11.8 Å². The molecule has 1 aliphatic rings. The average Bonchev–Trinajstić information content (AvgIpc) is 1.95. The SMILES string of the molecule is Clc1cc(Cl)cc(CC2CCS2)c1. The van der Waals surface area contributed by atoms with Crippen molar-refractivity contribution in [1.29, 1.82) is 0 Å². The van der Waals surface area contributed by atoms with Gasteiger partial charge in [0.1, 0.15) is 0 Å². The third-order valence-corrected chi connectivity index (χ3v) is 3.96. The van der Waals surface area contributed by atoms with Gasteiger partial charge in [-0.1, -0.05) is 23.2 Å². The number of hydrogen-bond acceptors (Lipinski definition) is 1. The van der Waals surface area contributed by atoms with Crippen LogP contribution >= 0.6 is 35.0 Å². The van der Waals surface area contributed by atoms with Crippen LogP contribution in [-0.2, 0) is 6.42 Å². The number of rotatable bonds is 2. The Bertz CT molecular complexity index is 288. The van der Waals surface area contributed by atoms with Crippen LogP contribution in [0, 0.1) is 0 Å². The first-order chi connectivity index (χ1) is 6.24. The van der Waals surface area contributed by atoms with Crippen LogP contribution in [0.2, 0.25) is 10.0 Å². The lowest BCUT2D eigenvalue weighted by atomic mass is 10.1. The van der Waals surface area contributed by atoms with E-state index in [1.54, 1.807) is 6.07 Å². The van der Waals surface area contributed by atoms with Crippen molar-refractivity contribution in [3.05, 3.63) is 33.8 Å². The Balaban J connectivity index is 2.10. The molecule has 0 spiro atoms. The van der Waals surface area contributed by atoms with E-state index in [9.17, 15) is 0 Å². The molecule has 2 rings (SSSR count). The largest absolute Gasteiger partial charge is 0.158 e. The average molecular weight is 233 g/mol. The van der Waals surface area contributed by atoms with Crippen LogP contribution in [0.25, 0.3) is 0 Å². The maximum absolute atomic E-state index is 5.90. The first-order valence-corrected chi connectivity index (χ1v) is 6.11. The van der Waals surface area contributed by atoms with Crippen molar-refractivity contribution in [2.45, 2.75) is 18.1 Å². The van der Waals surface area contributed by atoms with Crippen LogP contribution < -0.4 is 0 Å². The van der Waals surface area contributed by atoms with E-state index < -0.39 is 0 Å². The molecule has 0 aliphatic carbocycles. The van der Waals surface area contributed by atoms with Gasteiger partial charge in [-0.3, -0.25) is 0 Å². The number of benzene rings is 1. The molecule has 1 aliphatic heterocycles. The van der Waals surface area contributed by atoms with Gasteiger partial charge in [0.25, 0.3) is 0 Å². The molecular weight excluding hydrogens is 223 g/mol. The van der Waals surface area contributed by atoms with Gasteiger partial charge >= 0.3 is 0 Å². The number of thioether (sulfide) groups is 1. The van der Waals surface area contributed by atoms with Crippen molar-refractivity contribution >= 4 is 35.0 Å². The van der Waals surface area contributed by atoms with Gasteiger partial charge in [-0.25, -0.2) is 0 Å². The second kappa shape index (κ2) is 4.12. The minimum Gasteiger partial charge on any atom is -0.158 e. The molecule has 1 atom stereocenters. The third-order valence-electron chi connectivity index (χ3n) is 2.18. The molecule has 1 aromatic rings. The van der Waals surface area contributed by atoms with Crippen molar-refractivity contribution in [2.75, 3.05) is 5.75 Å². The summed E-state index contributed by atoms with van der Waals surface area (Å²) < 4.78 is 0. The van der Waals surface area contributed by atoms with E-state index in [-0.39, 0.29) is 0 Å². The summed E-state index contributed by atoms with van der Waals surface area (Å²) in [5.41, 5.74) is 1.26. The predicted molar refractivity (Wildman–Crippen MR) is 61.0 cm³/mol. The summed E-state index contributed by atoms with van der Waals surface area (Å²) in [6.07, 6.45) is 2.43. The Labute approximate surface area is 92.6 Å². The maximum atomic E-state index is 5.90. The van der Waals surface area contributed by atoms with Crippen LogP contribution in [0.5, 0.6) is 0 Å². The van der Waals surface area contributed by atoms with Crippen molar-refractivity contribution < 1.29 is 0 Å². The summed E-state index contributed by atoms with van der Waals surface area (Å²) in [5, 5.41) is 2.27. The first-order valence-electron chi connectivity index (χ1n) is 4.30. The summed E-state index contributed by atoms with van der Waals surface area (Å²) >= 11 is 13.8. The van der Waals surface area contributed by atoms with E-state index in [0.717, 1.165) is 21.7 Å². The fourth-order valence-corrected chi connectivity index (χ4v) is 2.89. The van der Waals surface area contributed by atoms with Crippen LogP contribution in [0.4, 0.5) is 0 Å². The lowest BCUT2D eigenvalue weighted by Gasteiger charge is -2.24. The normalized spacial score (nSPS) is 21.2. The summed E-state index contributed by atoms with van der Waals surface area (Å²) in [6.45, 7) is 0. The van der Waals surface area contributed by atoms with Crippen molar-refractivity contribution in [3.8, 4) is 0 Å². The minimum atomic E-state index is 0.742. The second-order valence-electron chi connectivity index (χ2n) is 3.26. The zero-order valence-corrected chi connectivity index (χ0v) is 9.42. The Hall–Kier alpha value is 0.150. The smallest absolute Gasteiger partial charge is 0.0423 e. The lowest BCUT2D eigenvalue weighted by molar-refractivity contribution is 0.779. The molecule has 0 aromatic heterocycles. The van der Waals surface area contributed by atoms with E-state index in [4.69, 9.17) is 23.2 Å². The standard InChI is InChI=1S/C10H10Cl2S/c11-8-3-7(4-9(12)6-8)5-10-1-2-13-10/h3-4,6,10H,1-2,5H2. The fraction of sp³-hybridized carbons (Fsp3) is 0.400. The fourth-order valence-electron chi connectivity index (χ4n) is 1.44. The molecule has 0 saturated carbocycles. The minimum absolute atomic E-state index is 0.742. The molecule has 1 fully saturated rings. The van der Waals surface area contributed by atoms with Gasteiger partial charge in [0.2, 0.25) is 0 Å². The van der Waals surface area contributed by atoms with Crippen molar-refractivity contribution in [1.82, 2.24) is 0 Å². The van der Waals surface area contributed by atoms with Crippen LogP contribution in [0.1, 0.15) is 12.0 Å². The van der Waals surface area contributed by atoms with Crippen LogP contribution in [0.15, 0.2) is 18.2 Å². The highest BCUT2D eigenvalue weighted by Crippen LogP contribution is 2.31. The summed E-state index contributed by atoms with van der Waals surface area (Å²) in [6, 6.07) is 5.79. The molecule has 1 saturated heterocycles. The van der Waals surface area contributed by atoms with Gasteiger partial charge in [0, 0.05) is 15.3 Å². The Morgan fingerprint density at radius 1 is 1.23 bits per heavy atom.